The van der Waals surface area contributed by atoms with Crippen molar-refractivity contribution in [3.63, 3.8) is 0 Å². The number of aromatic nitrogens is 2. The number of aryl methyl sites for hydroxylation is 2. The van der Waals surface area contributed by atoms with Crippen molar-refractivity contribution in [2.75, 3.05) is 9.80 Å². The van der Waals surface area contributed by atoms with Crippen molar-refractivity contribution in [1.82, 2.24) is 9.55 Å². The van der Waals surface area contributed by atoms with Gasteiger partial charge in [0, 0.05) is 76.0 Å². The molecule has 5 nitrogen and oxygen atoms in total. The standard InChI is InChI=1S/C48H37N4OS.Pt/c1-30-25-32(48(3,4)5)26-31(2)46(30)51-29-50(39-16-7-8-17-40(39)51)33-13-12-14-34(27-33)53-35-20-21-36-37-22-23-43-45(38-15-6-9-18-42(38)54-43)47(37)52(41(36)28-35)44-19-10-11-24-49-44;/h6-26,29H,1-5H3;/q-3;. The first-order valence-corrected chi connectivity index (χ1v) is 19.1. The summed E-state index contributed by atoms with van der Waals surface area (Å²) in [5.74, 6) is 2.06. The number of benzene rings is 6. The fraction of sp³-hybridized carbons (Fsp3) is 0.125. The van der Waals surface area contributed by atoms with Crippen molar-refractivity contribution >= 4 is 76.1 Å². The predicted octanol–water partition coefficient (Wildman–Crippen LogP) is 13.3. The molecule has 0 aliphatic carbocycles. The first-order chi connectivity index (χ1) is 26.2. The summed E-state index contributed by atoms with van der Waals surface area (Å²) in [7, 11) is 0. The number of pyridine rings is 1. The Kier molecular flexibility index (Phi) is 8.60. The van der Waals surface area contributed by atoms with Crippen molar-refractivity contribution in [3.05, 3.63) is 163 Å². The van der Waals surface area contributed by atoms with Crippen molar-refractivity contribution in [2.45, 2.75) is 40.0 Å². The van der Waals surface area contributed by atoms with E-state index < -0.39 is 0 Å². The molecule has 9 aromatic rings. The van der Waals surface area contributed by atoms with Gasteiger partial charge < -0.3 is 19.1 Å². The Bertz CT molecular complexity index is 2900. The number of hydrogen-bond donors (Lipinski definition) is 0. The smallest absolute Gasteiger partial charge is 0.135 e. The normalized spacial score (nSPS) is 12.9. The predicted molar refractivity (Wildman–Crippen MR) is 225 cm³/mol. The molecule has 0 saturated heterocycles. The Morgan fingerprint density at radius 2 is 1.38 bits per heavy atom. The fourth-order valence-corrected chi connectivity index (χ4v) is 9.11. The minimum absolute atomic E-state index is 0. The SMILES string of the molecule is Cc1cc(C(C)(C)C)cc(C)c1N1[CH-]N(c2[c-]c(Oc3[c-]c4c(cc3)c3ccc5sc6ccccc6c5c3n4-c3ccccn3)ccc2)c2ccccc21.[Pt]. The van der Waals surface area contributed by atoms with Crippen LogP contribution in [0.5, 0.6) is 11.5 Å². The molecule has 0 unspecified atom stereocenters. The topological polar surface area (TPSA) is 33.5 Å². The summed E-state index contributed by atoms with van der Waals surface area (Å²) in [5.41, 5.74) is 10.3. The zero-order valence-electron chi connectivity index (χ0n) is 31.1. The molecule has 0 amide bonds. The van der Waals surface area contributed by atoms with Gasteiger partial charge >= 0.3 is 0 Å². The molecule has 0 spiro atoms. The van der Waals surface area contributed by atoms with Crippen molar-refractivity contribution in [1.29, 1.82) is 0 Å². The Morgan fingerprint density at radius 3 is 2.15 bits per heavy atom. The second kappa shape index (κ2) is 13.4. The van der Waals surface area contributed by atoms with Gasteiger partial charge in [-0.3, -0.25) is 0 Å². The molecule has 0 atom stereocenters. The van der Waals surface area contributed by atoms with Crippen LogP contribution in [0.1, 0.15) is 37.5 Å². The Labute approximate surface area is 339 Å². The van der Waals surface area contributed by atoms with Crippen molar-refractivity contribution in [2.24, 2.45) is 0 Å². The molecule has 0 bridgehead atoms. The summed E-state index contributed by atoms with van der Waals surface area (Å²) in [5, 5.41) is 4.74. The van der Waals surface area contributed by atoms with E-state index in [4.69, 9.17) is 9.72 Å². The molecular weight excluding hydrogens is 876 g/mol. The summed E-state index contributed by atoms with van der Waals surface area (Å²) < 4.78 is 11.4. The summed E-state index contributed by atoms with van der Waals surface area (Å²) in [6.45, 7) is 13.4. The van der Waals surface area contributed by atoms with E-state index in [-0.39, 0.29) is 26.5 Å². The van der Waals surface area contributed by atoms with Gasteiger partial charge in [-0.15, -0.1) is 59.4 Å². The van der Waals surface area contributed by atoms with Gasteiger partial charge in [0.05, 0.1) is 5.52 Å². The third kappa shape index (κ3) is 5.82. The summed E-state index contributed by atoms with van der Waals surface area (Å²) in [6, 6.07) is 49.8. The molecule has 274 valence electrons. The van der Waals surface area contributed by atoms with Gasteiger partial charge in [0.2, 0.25) is 0 Å². The van der Waals surface area contributed by atoms with Crippen LogP contribution in [-0.4, -0.2) is 9.55 Å². The number of para-hydroxylation sites is 2. The number of ether oxygens (including phenoxy) is 1. The average molecular weight is 913 g/mol. The molecule has 0 N–H and O–H groups in total. The second-order valence-corrected chi connectivity index (χ2v) is 16.2. The van der Waals surface area contributed by atoms with E-state index in [1.807, 2.05) is 47.9 Å². The van der Waals surface area contributed by atoms with E-state index in [1.165, 1.54) is 42.6 Å². The molecule has 7 heteroatoms. The van der Waals surface area contributed by atoms with E-state index in [1.54, 1.807) is 0 Å². The van der Waals surface area contributed by atoms with Gasteiger partial charge in [0.25, 0.3) is 0 Å². The van der Waals surface area contributed by atoms with Crippen LogP contribution in [0.15, 0.2) is 128 Å². The van der Waals surface area contributed by atoms with E-state index in [2.05, 4.69) is 159 Å². The van der Waals surface area contributed by atoms with Crippen LogP contribution in [0.4, 0.5) is 22.7 Å². The maximum atomic E-state index is 6.60. The maximum absolute atomic E-state index is 6.60. The molecule has 0 fully saturated rings. The van der Waals surface area contributed by atoms with Gasteiger partial charge in [0.1, 0.15) is 5.82 Å². The third-order valence-electron chi connectivity index (χ3n) is 10.5. The van der Waals surface area contributed by atoms with Crippen LogP contribution < -0.4 is 14.5 Å². The number of hydrogen-bond acceptors (Lipinski definition) is 5. The maximum Gasteiger partial charge on any atom is 0.135 e. The van der Waals surface area contributed by atoms with Crippen LogP contribution in [-0.2, 0) is 26.5 Å². The van der Waals surface area contributed by atoms with Crippen LogP contribution in [0.3, 0.4) is 0 Å². The molecule has 0 saturated carbocycles. The molecule has 4 heterocycles. The molecule has 55 heavy (non-hydrogen) atoms. The minimum Gasteiger partial charge on any atom is -0.509 e. The summed E-state index contributed by atoms with van der Waals surface area (Å²) >= 11 is 1.82. The number of thiophene rings is 1. The van der Waals surface area contributed by atoms with E-state index >= 15 is 0 Å². The number of rotatable bonds is 5. The first-order valence-electron chi connectivity index (χ1n) is 18.3. The molecule has 6 aromatic carbocycles. The second-order valence-electron chi connectivity index (χ2n) is 15.1. The zero-order chi connectivity index (χ0) is 36.7. The molecular formula is C48H37N4OPtS-3. The number of nitrogens with zero attached hydrogens (tertiary/aromatic N) is 4. The van der Waals surface area contributed by atoms with Gasteiger partial charge in [-0.25, -0.2) is 4.98 Å². The zero-order valence-corrected chi connectivity index (χ0v) is 34.2. The molecule has 10 rings (SSSR count). The Morgan fingerprint density at radius 1 is 0.673 bits per heavy atom. The van der Waals surface area contributed by atoms with Crippen molar-refractivity contribution in [3.8, 4) is 17.3 Å². The Balaban J connectivity index is 0.00000397. The molecule has 3 aromatic heterocycles. The van der Waals surface area contributed by atoms with E-state index in [9.17, 15) is 0 Å². The monoisotopic (exact) mass is 912 g/mol. The Hall–Kier alpha value is -5.42. The summed E-state index contributed by atoms with van der Waals surface area (Å²) in [4.78, 5) is 9.32. The third-order valence-corrected chi connectivity index (χ3v) is 11.6. The minimum atomic E-state index is 0. The largest absolute Gasteiger partial charge is 0.509 e. The van der Waals surface area contributed by atoms with Gasteiger partial charge in [-0.2, -0.15) is 12.1 Å². The first kappa shape index (κ1) is 35.3. The summed E-state index contributed by atoms with van der Waals surface area (Å²) in [6.07, 6.45) is 1.85. The van der Waals surface area contributed by atoms with Crippen LogP contribution in [0.25, 0.3) is 47.8 Å². The van der Waals surface area contributed by atoms with Crippen molar-refractivity contribution < 1.29 is 25.8 Å². The van der Waals surface area contributed by atoms with Crippen LogP contribution in [0.2, 0.25) is 0 Å². The van der Waals surface area contributed by atoms with E-state index in [0.717, 1.165) is 44.7 Å². The molecule has 1 aliphatic heterocycles. The number of anilines is 4. The quantitative estimate of drug-likeness (QED) is 0.161. The van der Waals surface area contributed by atoms with Crippen LogP contribution in [0, 0.1) is 32.6 Å². The van der Waals surface area contributed by atoms with Gasteiger partial charge in [-0.1, -0.05) is 80.9 Å². The fourth-order valence-electron chi connectivity index (χ4n) is 8.00. The molecule has 1 aliphatic rings. The van der Waals surface area contributed by atoms with E-state index in [0.29, 0.717) is 11.5 Å². The number of fused-ring (bicyclic) bond motifs is 8. The van der Waals surface area contributed by atoms with Crippen LogP contribution >= 0.6 is 11.3 Å². The van der Waals surface area contributed by atoms with Gasteiger partial charge in [-0.05, 0) is 77.7 Å². The molecule has 0 radical (unpaired) electrons. The average Bonchev–Trinajstić information content (AvgIpc) is 3.84. The van der Waals surface area contributed by atoms with Gasteiger partial charge in [0.15, 0.2) is 0 Å².